The highest BCUT2D eigenvalue weighted by Crippen LogP contribution is 2.24. The number of halogens is 2. The molecule has 0 radical (unpaired) electrons. The minimum absolute atomic E-state index is 0.269. The largest absolute Gasteiger partial charge is 0.497 e. The normalized spacial score (nSPS) is 11.4. The van der Waals surface area contributed by atoms with Gasteiger partial charge in [-0.15, -0.1) is 0 Å². The molecule has 0 amide bonds. The molecule has 0 N–H and O–H groups in total. The standard InChI is InChI=1S/C31H21BrClN3O4/c1-39-25-14-9-21(10-15-25)30-35-27-5-3-2-4-26(27)31(38)36(30)34-19-22-18-23(32)11-16-28(22)40-29(37)17-8-20-6-12-24(33)13-7-20/h2-19H,1H3/b17-8+,34-19?. The average molecular weight is 615 g/mol. The Kier molecular flexibility index (Phi) is 8.19. The molecule has 0 bridgehead atoms. The summed E-state index contributed by atoms with van der Waals surface area (Å²) < 4.78 is 12.8. The molecule has 0 saturated carbocycles. The van der Waals surface area contributed by atoms with Crippen molar-refractivity contribution in [1.82, 2.24) is 9.66 Å². The van der Waals surface area contributed by atoms with E-state index in [2.05, 4.69) is 21.0 Å². The second-order valence-electron chi connectivity index (χ2n) is 8.53. The molecule has 4 aromatic carbocycles. The Morgan fingerprint density at radius 2 is 1.75 bits per heavy atom. The Hall–Kier alpha value is -4.53. The van der Waals surface area contributed by atoms with Gasteiger partial charge in [-0.25, -0.2) is 9.78 Å². The summed E-state index contributed by atoms with van der Waals surface area (Å²) in [6.07, 6.45) is 4.42. The molecular weight excluding hydrogens is 594 g/mol. The predicted octanol–water partition coefficient (Wildman–Crippen LogP) is 6.99. The van der Waals surface area contributed by atoms with Crippen LogP contribution in [-0.2, 0) is 4.79 Å². The molecule has 0 unspecified atom stereocenters. The van der Waals surface area contributed by atoms with Crippen LogP contribution in [0.5, 0.6) is 11.5 Å². The van der Waals surface area contributed by atoms with Crippen molar-refractivity contribution < 1.29 is 14.3 Å². The highest BCUT2D eigenvalue weighted by Gasteiger charge is 2.13. The van der Waals surface area contributed by atoms with Crippen molar-refractivity contribution in [2.45, 2.75) is 0 Å². The van der Waals surface area contributed by atoms with Gasteiger partial charge in [-0.2, -0.15) is 9.78 Å². The number of esters is 1. The van der Waals surface area contributed by atoms with Gasteiger partial charge in [0.1, 0.15) is 11.5 Å². The number of benzene rings is 4. The fraction of sp³-hybridized carbons (Fsp3) is 0.0323. The van der Waals surface area contributed by atoms with Gasteiger partial charge in [-0.05, 0) is 78.4 Å². The van der Waals surface area contributed by atoms with Crippen LogP contribution in [0.1, 0.15) is 11.1 Å². The van der Waals surface area contributed by atoms with E-state index in [9.17, 15) is 9.59 Å². The Morgan fingerprint density at radius 3 is 2.50 bits per heavy atom. The van der Waals surface area contributed by atoms with Gasteiger partial charge in [0.25, 0.3) is 5.56 Å². The molecule has 0 spiro atoms. The van der Waals surface area contributed by atoms with Crippen LogP contribution >= 0.6 is 27.5 Å². The summed E-state index contributed by atoms with van der Waals surface area (Å²) in [5.74, 6) is 0.718. The summed E-state index contributed by atoms with van der Waals surface area (Å²) in [5.41, 5.74) is 2.16. The summed E-state index contributed by atoms with van der Waals surface area (Å²) in [6.45, 7) is 0. The molecule has 40 heavy (non-hydrogen) atoms. The number of fused-ring (bicyclic) bond motifs is 1. The van der Waals surface area contributed by atoms with Crippen molar-refractivity contribution in [1.29, 1.82) is 0 Å². The maximum atomic E-state index is 13.5. The van der Waals surface area contributed by atoms with Crippen LogP contribution in [0.2, 0.25) is 5.02 Å². The van der Waals surface area contributed by atoms with Crippen molar-refractivity contribution in [3.05, 3.63) is 128 Å². The van der Waals surface area contributed by atoms with Gasteiger partial charge < -0.3 is 9.47 Å². The van der Waals surface area contributed by atoms with Crippen molar-refractivity contribution in [2.24, 2.45) is 5.10 Å². The third-order valence-corrected chi connectivity index (χ3v) is 6.62. The molecule has 0 aliphatic rings. The molecule has 1 aromatic heterocycles. The highest BCUT2D eigenvalue weighted by atomic mass is 79.9. The molecule has 1 heterocycles. The molecule has 0 saturated heterocycles. The van der Waals surface area contributed by atoms with E-state index in [0.29, 0.717) is 38.6 Å². The van der Waals surface area contributed by atoms with Crippen LogP contribution in [0.3, 0.4) is 0 Å². The molecule has 0 fully saturated rings. The first-order valence-electron chi connectivity index (χ1n) is 12.1. The van der Waals surface area contributed by atoms with Crippen molar-refractivity contribution in [2.75, 3.05) is 7.11 Å². The number of carbonyl (C=O) groups excluding carboxylic acids is 1. The van der Waals surface area contributed by atoms with E-state index >= 15 is 0 Å². The van der Waals surface area contributed by atoms with Crippen molar-refractivity contribution in [3.8, 4) is 22.9 Å². The van der Waals surface area contributed by atoms with E-state index < -0.39 is 5.97 Å². The van der Waals surface area contributed by atoms with Crippen LogP contribution in [0.4, 0.5) is 0 Å². The lowest BCUT2D eigenvalue weighted by molar-refractivity contribution is -0.128. The second kappa shape index (κ2) is 12.1. The van der Waals surface area contributed by atoms with Crippen LogP contribution in [0.15, 0.2) is 111 Å². The number of carbonyl (C=O) groups is 1. The van der Waals surface area contributed by atoms with Crippen LogP contribution in [0, 0.1) is 0 Å². The molecular formula is C31H21BrClN3O4. The second-order valence-corrected chi connectivity index (χ2v) is 9.88. The van der Waals surface area contributed by atoms with Gasteiger partial charge in [0.2, 0.25) is 0 Å². The topological polar surface area (TPSA) is 82.8 Å². The number of nitrogens with zero attached hydrogens (tertiary/aromatic N) is 3. The first kappa shape index (κ1) is 27.1. The fourth-order valence-corrected chi connectivity index (χ4v) is 4.38. The lowest BCUT2D eigenvalue weighted by Gasteiger charge is -2.11. The molecule has 5 aromatic rings. The Labute approximate surface area is 243 Å². The number of para-hydroxylation sites is 1. The number of hydrogen-bond acceptors (Lipinski definition) is 6. The van der Waals surface area contributed by atoms with Crippen LogP contribution in [0.25, 0.3) is 28.4 Å². The molecule has 0 atom stereocenters. The van der Waals surface area contributed by atoms with E-state index in [1.54, 1.807) is 98.1 Å². The minimum Gasteiger partial charge on any atom is -0.497 e. The third kappa shape index (κ3) is 6.20. The van der Waals surface area contributed by atoms with E-state index in [1.807, 2.05) is 6.07 Å². The van der Waals surface area contributed by atoms with E-state index in [4.69, 9.17) is 26.1 Å². The zero-order valence-corrected chi connectivity index (χ0v) is 23.5. The van der Waals surface area contributed by atoms with Gasteiger partial charge in [0.05, 0.1) is 24.2 Å². The molecule has 7 nitrogen and oxygen atoms in total. The average Bonchev–Trinajstić information content (AvgIpc) is 2.97. The molecule has 0 aliphatic heterocycles. The number of aromatic nitrogens is 2. The van der Waals surface area contributed by atoms with Crippen molar-refractivity contribution in [3.63, 3.8) is 0 Å². The van der Waals surface area contributed by atoms with Gasteiger partial charge in [0.15, 0.2) is 5.82 Å². The van der Waals surface area contributed by atoms with Gasteiger partial charge in [-0.1, -0.05) is 51.8 Å². The van der Waals surface area contributed by atoms with Crippen LogP contribution in [-0.4, -0.2) is 29.0 Å². The summed E-state index contributed by atoms with van der Waals surface area (Å²) in [5, 5.41) is 5.53. The Bertz CT molecular complexity index is 1810. The zero-order valence-electron chi connectivity index (χ0n) is 21.1. The highest BCUT2D eigenvalue weighted by molar-refractivity contribution is 9.10. The summed E-state index contributed by atoms with van der Waals surface area (Å²) in [7, 11) is 1.58. The smallest absolute Gasteiger partial charge is 0.336 e. The number of methoxy groups -OCH3 is 1. The first-order valence-corrected chi connectivity index (χ1v) is 13.2. The maximum Gasteiger partial charge on any atom is 0.336 e. The lowest BCUT2D eigenvalue weighted by atomic mass is 10.2. The quantitative estimate of drug-likeness (QED) is 0.0854. The minimum atomic E-state index is -0.574. The molecule has 0 aliphatic carbocycles. The lowest BCUT2D eigenvalue weighted by Crippen LogP contribution is -2.20. The van der Waals surface area contributed by atoms with E-state index in [-0.39, 0.29) is 11.3 Å². The number of rotatable bonds is 7. The van der Waals surface area contributed by atoms with Crippen LogP contribution < -0.4 is 15.0 Å². The van der Waals surface area contributed by atoms with Crippen molar-refractivity contribution >= 4 is 56.7 Å². The third-order valence-electron chi connectivity index (χ3n) is 5.88. The van der Waals surface area contributed by atoms with E-state index in [1.165, 1.54) is 17.0 Å². The van der Waals surface area contributed by atoms with E-state index in [0.717, 1.165) is 10.0 Å². The summed E-state index contributed by atoms with van der Waals surface area (Å²) in [4.78, 5) is 30.8. The monoisotopic (exact) mass is 613 g/mol. The van der Waals surface area contributed by atoms with Gasteiger partial charge >= 0.3 is 5.97 Å². The van der Waals surface area contributed by atoms with Gasteiger partial charge in [0, 0.05) is 26.7 Å². The first-order chi connectivity index (χ1) is 19.4. The maximum absolute atomic E-state index is 13.5. The van der Waals surface area contributed by atoms with Gasteiger partial charge in [-0.3, -0.25) is 4.79 Å². The summed E-state index contributed by atoms with van der Waals surface area (Å²) in [6, 6.07) is 26.4. The fourth-order valence-electron chi connectivity index (χ4n) is 3.87. The molecule has 9 heteroatoms. The predicted molar refractivity (Wildman–Crippen MR) is 161 cm³/mol. The number of hydrogen-bond donors (Lipinski definition) is 0. The zero-order chi connectivity index (χ0) is 28.1. The Morgan fingerprint density at radius 1 is 1.00 bits per heavy atom. The molecule has 5 rings (SSSR count). The molecule has 198 valence electrons. The summed E-state index contributed by atoms with van der Waals surface area (Å²) >= 11 is 9.37. The Balaban J connectivity index is 1.51. The SMILES string of the molecule is COc1ccc(-c2nc3ccccc3c(=O)n2N=Cc2cc(Br)ccc2OC(=O)/C=C/c2ccc(Cl)cc2)cc1. The number of ether oxygens (including phenoxy) is 2.